The molecule has 2 rings (SSSR count). The zero-order chi connectivity index (χ0) is 21.2. The van der Waals surface area contributed by atoms with Crippen LogP contribution in [0.15, 0.2) is 18.3 Å². The van der Waals surface area contributed by atoms with Gasteiger partial charge < -0.3 is 19.5 Å². The Morgan fingerprint density at radius 3 is 2.39 bits per heavy atom. The number of carbonyl (C=O) groups is 2. The Bertz CT molecular complexity index is 604. The van der Waals surface area contributed by atoms with Gasteiger partial charge in [-0.1, -0.05) is 19.9 Å². The predicted molar refractivity (Wildman–Crippen MR) is 107 cm³/mol. The highest BCUT2D eigenvalue weighted by molar-refractivity contribution is 5.81. The van der Waals surface area contributed by atoms with Crippen LogP contribution in [0.4, 0.5) is 4.79 Å². The Morgan fingerprint density at radius 1 is 1.25 bits per heavy atom. The molecule has 1 amide bonds. The minimum atomic E-state index is -0.828. The summed E-state index contributed by atoms with van der Waals surface area (Å²) in [6.07, 6.45) is 3.32. The molecule has 0 aromatic carbocycles. The Morgan fingerprint density at radius 2 is 1.89 bits per heavy atom. The van der Waals surface area contributed by atoms with Crippen LogP contribution in [0.3, 0.4) is 0 Å². The van der Waals surface area contributed by atoms with Crippen molar-refractivity contribution in [1.82, 2.24) is 10.3 Å². The van der Waals surface area contributed by atoms with Crippen molar-refractivity contribution in [1.29, 1.82) is 0 Å². The highest BCUT2D eigenvalue weighted by Crippen LogP contribution is 2.25. The molecular weight excluding hydrogens is 360 g/mol. The maximum absolute atomic E-state index is 12.0. The zero-order valence-corrected chi connectivity index (χ0v) is 17.9. The Balaban J connectivity index is 0.00000190. The summed E-state index contributed by atoms with van der Waals surface area (Å²) in [4.78, 5) is 28.5. The van der Waals surface area contributed by atoms with Crippen molar-refractivity contribution in [3.8, 4) is 0 Å². The molecule has 0 spiro atoms. The third-order valence-electron chi connectivity index (χ3n) is 4.10. The van der Waals surface area contributed by atoms with Gasteiger partial charge in [0.15, 0.2) is 0 Å². The number of nitrogens with zero attached hydrogens (tertiary/aromatic N) is 1. The number of rotatable bonds is 5. The van der Waals surface area contributed by atoms with E-state index < -0.39 is 23.7 Å². The van der Waals surface area contributed by atoms with E-state index in [2.05, 4.69) is 10.3 Å². The van der Waals surface area contributed by atoms with Gasteiger partial charge in [-0.3, -0.25) is 4.98 Å². The average Bonchev–Trinajstić information content (AvgIpc) is 2.68. The van der Waals surface area contributed by atoms with Crippen LogP contribution in [-0.4, -0.2) is 49.0 Å². The molecule has 0 saturated carbocycles. The summed E-state index contributed by atoms with van der Waals surface area (Å²) < 4.78 is 15.4. The molecule has 1 aromatic heterocycles. The van der Waals surface area contributed by atoms with E-state index in [-0.39, 0.29) is 6.42 Å². The van der Waals surface area contributed by atoms with E-state index in [1.54, 1.807) is 27.0 Å². The maximum Gasteiger partial charge on any atom is 0.408 e. The number of nitrogens with one attached hydrogen (secondary N) is 1. The highest BCUT2D eigenvalue weighted by atomic mass is 16.6. The second-order valence-electron chi connectivity index (χ2n) is 7.40. The number of ether oxygens (including phenoxy) is 3. The molecule has 1 N–H and O–H groups in total. The van der Waals surface area contributed by atoms with E-state index in [1.165, 1.54) is 7.11 Å². The van der Waals surface area contributed by atoms with Gasteiger partial charge in [0.1, 0.15) is 11.6 Å². The molecule has 28 heavy (non-hydrogen) atoms. The lowest BCUT2D eigenvalue weighted by atomic mass is 9.95. The number of hydrogen-bond donors (Lipinski definition) is 1. The highest BCUT2D eigenvalue weighted by Gasteiger charge is 2.25. The van der Waals surface area contributed by atoms with Crippen LogP contribution in [-0.2, 0) is 25.4 Å². The fraction of sp³-hybridized carbons (Fsp3) is 0.667. The summed E-state index contributed by atoms with van der Waals surface area (Å²) in [6, 6.07) is 3.09. The molecule has 158 valence electrons. The summed E-state index contributed by atoms with van der Waals surface area (Å²) >= 11 is 0. The summed E-state index contributed by atoms with van der Waals surface area (Å²) in [5.41, 5.74) is 1.23. The lowest BCUT2D eigenvalue weighted by Gasteiger charge is -2.23. The summed E-state index contributed by atoms with van der Waals surface area (Å²) in [5, 5.41) is 2.57. The van der Waals surface area contributed by atoms with E-state index in [0.29, 0.717) is 5.92 Å². The third kappa shape index (κ3) is 8.25. The molecule has 1 fully saturated rings. The second-order valence-corrected chi connectivity index (χ2v) is 7.40. The summed E-state index contributed by atoms with van der Waals surface area (Å²) in [7, 11) is 1.29. The van der Waals surface area contributed by atoms with Crippen molar-refractivity contribution >= 4 is 12.1 Å². The van der Waals surface area contributed by atoms with E-state index in [0.717, 1.165) is 37.3 Å². The molecule has 1 aromatic rings. The van der Waals surface area contributed by atoms with Crippen LogP contribution in [0, 0.1) is 0 Å². The van der Waals surface area contributed by atoms with Crippen LogP contribution >= 0.6 is 0 Å². The minimum absolute atomic E-state index is 0.285. The van der Waals surface area contributed by atoms with Gasteiger partial charge in [0.2, 0.25) is 0 Å². The minimum Gasteiger partial charge on any atom is -0.467 e. The number of methoxy groups -OCH3 is 1. The first kappa shape index (κ1) is 23.9. The standard InChI is InChI=1S/C19H28N2O5.C2H6/c1-19(2,3)26-18(23)21-16(17(22)24-4)11-13-5-6-15(20-12-13)14-7-9-25-10-8-14;1-2/h5-6,12,14,16H,7-11H2,1-4H3,(H,21,23);1-2H3. The predicted octanol–water partition coefficient (Wildman–Crippen LogP) is 3.61. The number of hydrogen-bond acceptors (Lipinski definition) is 6. The lowest BCUT2D eigenvalue weighted by molar-refractivity contribution is -0.143. The van der Waals surface area contributed by atoms with Crippen LogP contribution < -0.4 is 5.32 Å². The molecule has 1 aliphatic heterocycles. The smallest absolute Gasteiger partial charge is 0.408 e. The Hall–Kier alpha value is -2.15. The fourth-order valence-electron chi connectivity index (χ4n) is 2.81. The van der Waals surface area contributed by atoms with Crippen LogP contribution in [0.1, 0.15) is 64.6 Å². The SMILES string of the molecule is CC.COC(=O)C(Cc1ccc(C2CCOCC2)nc1)NC(=O)OC(C)(C)C. The zero-order valence-electron chi connectivity index (χ0n) is 17.9. The number of amides is 1. The lowest BCUT2D eigenvalue weighted by Crippen LogP contribution is -2.45. The monoisotopic (exact) mass is 394 g/mol. The third-order valence-corrected chi connectivity index (χ3v) is 4.10. The summed E-state index contributed by atoms with van der Waals surface area (Å²) in [6.45, 7) is 10.8. The number of carbonyl (C=O) groups excluding carboxylic acids is 2. The molecule has 1 aliphatic rings. The normalized spacial score (nSPS) is 15.6. The maximum atomic E-state index is 12.0. The number of alkyl carbamates (subject to hydrolysis) is 1. The number of aromatic nitrogens is 1. The molecule has 0 radical (unpaired) electrons. The molecule has 1 saturated heterocycles. The van der Waals surface area contributed by atoms with Crippen molar-refractivity contribution in [2.24, 2.45) is 0 Å². The molecule has 1 atom stereocenters. The quantitative estimate of drug-likeness (QED) is 0.768. The molecule has 0 bridgehead atoms. The average molecular weight is 395 g/mol. The van der Waals surface area contributed by atoms with Crippen molar-refractivity contribution in [2.75, 3.05) is 20.3 Å². The second kappa shape index (κ2) is 11.6. The van der Waals surface area contributed by atoms with Gasteiger partial charge in [0.25, 0.3) is 0 Å². The first-order chi connectivity index (χ1) is 13.3. The molecule has 1 unspecified atom stereocenters. The van der Waals surface area contributed by atoms with Gasteiger partial charge in [0.05, 0.1) is 7.11 Å². The van der Waals surface area contributed by atoms with Crippen molar-refractivity contribution < 1.29 is 23.8 Å². The number of pyridine rings is 1. The van der Waals surface area contributed by atoms with E-state index in [9.17, 15) is 9.59 Å². The van der Waals surface area contributed by atoms with Crippen molar-refractivity contribution in [3.63, 3.8) is 0 Å². The Kier molecular flexibility index (Phi) is 9.93. The van der Waals surface area contributed by atoms with Gasteiger partial charge in [-0.25, -0.2) is 9.59 Å². The van der Waals surface area contributed by atoms with Crippen LogP contribution in [0.5, 0.6) is 0 Å². The largest absolute Gasteiger partial charge is 0.467 e. The molecule has 7 heteroatoms. The first-order valence-electron chi connectivity index (χ1n) is 9.88. The van der Waals surface area contributed by atoms with Crippen LogP contribution in [0.25, 0.3) is 0 Å². The van der Waals surface area contributed by atoms with Gasteiger partial charge in [0, 0.05) is 37.4 Å². The molecule has 0 aliphatic carbocycles. The first-order valence-corrected chi connectivity index (χ1v) is 9.88. The van der Waals surface area contributed by atoms with Crippen LogP contribution in [0.2, 0.25) is 0 Å². The number of esters is 1. The van der Waals surface area contributed by atoms with Gasteiger partial charge in [-0.2, -0.15) is 0 Å². The van der Waals surface area contributed by atoms with Gasteiger partial charge in [-0.15, -0.1) is 0 Å². The molecular formula is C21H34N2O5. The Labute approximate surface area is 168 Å². The van der Waals surface area contributed by atoms with Crippen molar-refractivity contribution in [2.45, 2.75) is 71.4 Å². The molecule has 2 heterocycles. The van der Waals surface area contributed by atoms with Gasteiger partial charge in [-0.05, 0) is 45.2 Å². The van der Waals surface area contributed by atoms with Crippen molar-refractivity contribution in [3.05, 3.63) is 29.6 Å². The van der Waals surface area contributed by atoms with E-state index in [4.69, 9.17) is 14.2 Å². The van der Waals surface area contributed by atoms with E-state index in [1.807, 2.05) is 26.0 Å². The van der Waals surface area contributed by atoms with E-state index >= 15 is 0 Å². The topological polar surface area (TPSA) is 86.8 Å². The molecule has 7 nitrogen and oxygen atoms in total. The fourth-order valence-corrected chi connectivity index (χ4v) is 2.81. The van der Waals surface area contributed by atoms with Gasteiger partial charge >= 0.3 is 12.1 Å². The summed E-state index contributed by atoms with van der Waals surface area (Å²) in [5.74, 6) is -0.113.